The van der Waals surface area contributed by atoms with Gasteiger partial charge in [0.2, 0.25) is 0 Å². The quantitative estimate of drug-likeness (QED) is 0.906. The van der Waals surface area contributed by atoms with Crippen molar-refractivity contribution >= 4 is 17.3 Å². The number of aryl methyl sites for hydroxylation is 1. The van der Waals surface area contributed by atoms with Gasteiger partial charge >= 0.3 is 0 Å². The first-order valence-corrected chi connectivity index (χ1v) is 6.49. The highest BCUT2D eigenvalue weighted by atomic mass is 19.1. The van der Waals surface area contributed by atoms with Gasteiger partial charge in [0.1, 0.15) is 11.6 Å². The molecule has 2 rings (SSSR count). The predicted molar refractivity (Wildman–Crippen MR) is 81.6 cm³/mol. The Balaban J connectivity index is 2.26. The molecule has 0 saturated carbocycles. The second-order valence-corrected chi connectivity index (χ2v) is 4.55. The van der Waals surface area contributed by atoms with E-state index in [4.69, 9.17) is 4.74 Å². The van der Waals surface area contributed by atoms with Gasteiger partial charge in [-0.3, -0.25) is 4.79 Å². The molecular formula is C16H17FN2O2. The number of halogens is 1. The highest BCUT2D eigenvalue weighted by molar-refractivity contribution is 6.08. The summed E-state index contributed by atoms with van der Waals surface area (Å²) in [5, 5.41) is 5.46. The molecule has 0 aromatic heterocycles. The first-order chi connectivity index (χ1) is 10.1. The van der Waals surface area contributed by atoms with Crippen molar-refractivity contribution < 1.29 is 13.9 Å². The third-order valence-corrected chi connectivity index (χ3v) is 3.16. The molecule has 0 aliphatic heterocycles. The molecule has 110 valence electrons. The third kappa shape index (κ3) is 3.13. The number of benzene rings is 2. The van der Waals surface area contributed by atoms with Gasteiger partial charge in [0.25, 0.3) is 5.91 Å². The second-order valence-electron chi connectivity index (χ2n) is 4.55. The fourth-order valence-corrected chi connectivity index (χ4v) is 2.12. The van der Waals surface area contributed by atoms with Gasteiger partial charge < -0.3 is 15.4 Å². The lowest BCUT2D eigenvalue weighted by Gasteiger charge is -2.12. The molecule has 0 radical (unpaired) electrons. The first-order valence-electron chi connectivity index (χ1n) is 6.49. The number of amides is 1. The maximum Gasteiger partial charge on any atom is 0.257 e. The number of anilines is 2. The maximum absolute atomic E-state index is 13.7. The predicted octanol–water partition coefficient (Wildman–Crippen LogP) is 3.44. The molecule has 0 aliphatic rings. The lowest BCUT2D eigenvalue weighted by atomic mass is 10.1. The normalized spacial score (nSPS) is 10.1. The van der Waals surface area contributed by atoms with Crippen molar-refractivity contribution in [1.29, 1.82) is 0 Å². The van der Waals surface area contributed by atoms with Crippen LogP contribution in [-0.4, -0.2) is 20.1 Å². The van der Waals surface area contributed by atoms with E-state index in [1.165, 1.54) is 12.1 Å². The van der Waals surface area contributed by atoms with Crippen LogP contribution in [0.4, 0.5) is 15.8 Å². The molecular weight excluding hydrogens is 271 g/mol. The van der Waals surface area contributed by atoms with E-state index < -0.39 is 5.82 Å². The summed E-state index contributed by atoms with van der Waals surface area (Å²) in [5.74, 6) is -0.0888. The molecule has 21 heavy (non-hydrogen) atoms. The van der Waals surface area contributed by atoms with Crippen molar-refractivity contribution in [1.82, 2.24) is 0 Å². The van der Waals surface area contributed by atoms with E-state index in [9.17, 15) is 9.18 Å². The van der Waals surface area contributed by atoms with Gasteiger partial charge in [-0.25, -0.2) is 4.39 Å². The van der Waals surface area contributed by atoms with E-state index in [0.29, 0.717) is 5.69 Å². The summed E-state index contributed by atoms with van der Waals surface area (Å²) >= 11 is 0. The molecule has 0 saturated heterocycles. The monoisotopic (exact) mass is 288 g/mol. The average molecular weight is 288 g/mol. The van der Waals surface area contributed by atoms with E-state index in [1.807, 2.05) is 6.92 Å². The Morgan fingerprint density at radius 1 is 1.24 bits per heavy atom. The number of carbonyl (C=O) groups is 1. The number of rotatable bonds is 4. The lowest BCUT2D eigenvalue weighted by Crippen LogP contribution is -2.15. The van der Waals surface area contributed by atoms with Crippen molar-refractivity contribution in [2.75, 3.05) is 24.8 Å². The molecule has 0 atom stereocenters. The van der Waals surface area contributed by atoms with Crippen LogP contribution in [-0.2, 0) is 0 Å². The first kappa shape index (κ1) is 14.8. The highest BCUT2D eigenvalue weighted by Gasteiger charge is 2.14. The number of ether oxygens (including phenoxy) is 1. The summed E-state index contributed by atoms with van der Waals surface area (Å²) < 4.78 is 18.8. The number of para-hydroxylation sites is 1. The minimum absolute atomic E-state index is 0.181. The van der Waals surface area contributed by atoms with E-state index in [2.05, 4.69) is 10.6 Å². The smallest absolute Gasteiger partial charge is 0.257 e. The standard InChI is InChI=1S/C16H17FN2O2/c1-10-9-11(7-8-14(10)21-3)19-16(20)12-5-4-6-13(17)15(12)18-2/h4-9,18H,1-3H3,(H,19,20). The van der Waals surface area contributed by atoms with Crippen LogP contribution in [0.2, 0.25) is 0 Å². The van der Waals surface area contributed by atoms with Gasteiger partial charge in [0, 0.05) is 12.7 Å². The average Bonchev–Trinajstić information content (AvgIpc) is 2.47. The topological polar surface area (TPSA) is 50.4 Å². The van der Waals surface area contributed by atoms with Gasteiger partial charge in [-0.1, -0.05) is 6.07 Å². The molecule has 0 bridgehead atoms. The fraction of sp³-hybridized carbons (Fsp3) is 0.188. The number of nitrogens with one attached hydrogen (secondary N) is 2. The summed E-state index contributed by atoms with van der Waals surface area (Å²) in [6.07, 6.45) is 0. The molecule has 2 aromatic carbocycles. The van der Waals surface area contributed by atoms with Gasteiger partial charge in [0.15, 0.2) is 0 Å². The van der Waals surface area contributed by atoms with Crippen molar-refractivity contribution in [2.24, 2.45) is 0 Å². The summed E-state index contributed by atoms with van der Waals surface area (Å²) in [6, 6.07) is 9.69. The van der Waals surface area contributed by atoms with Crippen LogP contribution >= 0.6 is 0 Å². The van der Waals surface area contributed by atoms with Crippen LogP contribution in [0, 0.1) is 12.7 Å². The van der Waals surface area contributed by atoms with Gasteiger partial charge in [0.05, 0.1) is 18.4 Å². The van der Waals surface area contributed by atoms with Crippen molar-refractivity contribution in [3.63, 3.8) is 0 Å². The summed E-state index contributed by atoms with van der Waals surface area (Å²) in [7, 11) is 3.17. The van der Waals surface area contributed by atoms with Crippen LogP contribution in [0.15, 0.2) is 36.4 Å². The maximum atomic E-state index is 13.7. The van der Waals surface area contributed by atoms with Crippen LogP contribution in [0.25, 0.3) is 0 Å². The highest BCUT2D eigenvalue weighted by Crippen LogP contribution is 2.24. The zero-order chi connectivity index (χ0) is 15.4. The molecule has 2 N–H and O–H groups in total. The molecule has 0 unspecified atom stereocenters. The van der Waals surface area contributed by atoms with Crippen LogP contribution in [0.5, 0.6) is 5.75 Å². The molecule has 0 heterocycles. The van der Waals surface area contributed by atoms with Crippen molar-refractivity contribution in [2.45, 2.75) is 6.92 Å². The van der Waals surface area contributed by atoms with Gasteiger partial charge in [-0.15, -0.1) is 0 Å². The van der Waals surface area contributed by atoms with Crippen LogP contribution < -0.4 is 15.4 Å². The number of hydrogen-bond donors (Lipinski definition) is 2. The zero-order valence-electron chi connectivity index (χ0n) is 12.2. The summed E-state index contributed by atoms with van der Waals surface area (Å²) in [4.78, 5) is 12.3. The minimum Gasteiger partial charge on any atom is -0.496 e. The molecule has 1 amide bonds. The van der Waals surface area contributed by atoms with E-state index >= 15 is 0 Å². The van der Waals surface area contributed by atoms with Crippen LogP contribution in [0.1, 0.15) is 15.9 Å². The Morgan fingerprint density at radius 3 is 2.62 bits per heavy atom. The molecule has 0 spiro atoms. The van der Waals surface area contributed by atoms with Crippen molar-refractivity contribution in [3.8, 4) is 5.75 Å². The SMILES string of the molecule is CNc1c(F)cccc1C(=O)Nc1ccc(OC)c(C)c1. The Hall–Kier alpha value is -2.56. The van der Waals surface area contributed by atoms with Gasteiger partial charge in [-0.05, 0) is 42.8 Å². The molecule has 5 heteroatoms. The Kier molecular flexibility index (Phi) is 4.42. The van der Waals surface area contributed by atoms with Gasteiger partial charge in [-0.2, -0.15) is 0 Å². The van der Waals surface area contributed by atoms with Crippen molar-refractivity contribution in [3.05, 3.63) is 53.3 Å². The van der Waals surface area contributed by atoms with E-state index in [0.717, 1.165) is 11.3 Å². The number of methoxy groups -OCH3 is 1. The minimum atomic E-state index is -0.462. The Bertz CT molecular complexity index is 671. The fourth-order valence-electron chi connectivity index (χ4n) is 2.12. The molecule has 0 fully saturated rings. The lowest BCUT2D eigenvalue weighted by molar-refractivity contribution is 0.102. The Morgan fingerprint density at radius 2 is 2.00 bits per heavy atom. The number of hydrogen-bond acceptors (Lipinski definition) is 3. The van der Waals surface area contributed by atoms with E-state index in [1.54, 1.807) is 38.4 Å². The second kappa shape index (κ2) is 6.26. The van der Waals surface area contributed by atoms with Crippen LogP contribution in [0.3, 0.4) is 0 Å². The summed E-state index contributed by atoms with van der Waals surface area (Å²) in [6.45, 7) is 1.88. The zero-order valence-corrected chi connectivity index (χ0v) is 12.2. The molecule has 2 aromatic rings. The molecule has 0 aliphatic carbocycles. The third-order valence-electron chi connectivity index (χ3n) is 3.16. The Labute approximate surface area is 122 Å². The largest absolute Gasteiger partial charge is 0.496 e. The molecule has 4 nitrogen and oxygen atoms in total. The van der Waals surface area contributed by atoms with E-state index in [-0.39, 0.29) is 17.2 Å². The summed E-state index contributed by atoms with van der Waals surface area (Å²) in [5.41, 5.74) is 1.97. The number of carbonyl (C=O) groups excluding carboxylic acids is 1.